The van der Waals surface area contributed by atoms with Gasteiger partial charge in [0.1, 0.15) is 0 Å². The van der Waals surface area contributed by atoms with Crippen molar-refractivity contribution in [1.29, 1.82) is 0 Å². The molecule has 3 rings (SSSR count). The first-order valence-electron chi connectivity index (χ1n) is 7.41. The second-order valence-electron chi connectivity index (χ2n) is 5.15. The molecule has 0 spiro atoms. The number of rotatable bonds is 6. The molecule has 0 fully saturated rings. The van der Waals surface area contributed by atoms with Gasteiger partial charge >= 0.3 is 0 Å². The Morgan fingerprint density at radius 1 is 1.19 bits per heavy atom. The van der Waals surface area contributed by atoms with Crippen LogP contribution in [-0.2, 0) is 26.6 Å². The highest BCUT2D eigenvalue weighted by Gasteiger charge is 2.08. The molecule has 1 N–H and O–H groups in total. The molecule has 0 saturated carbocycles. The molecule has 0 aliphatic heterocycles. The molecule has 21 heavy (non-hydrogen) atoms. The van der Waals surface area contributed by atoms with E-state index in [1.165, 1.54) is 16.6 Å². The molecule has 0 unspecified atom stereocenters. The molecule has 1 aromatic carbocycles. The number of hydrogen-bond donors (Lipinski definition) is 1. The average molecular weight is 283 g/mol. The largest absolute Gasteiger partial charge is 0.311 e. The standard InChI is InChI=1S/C16H21N5/c1-3-21-16-7-5-4-6-14(16)15(19-21)12-17-10-8-13-9-11-18-20(13)2/h4-7,9,11,17H,3,8,10,12H2,1-2H3. The molecule has 110 valence electrons. The van der Waals surface area contributed by atoms with Crippen LogP contribution in [0.15, 0.2) is 36.5 Å². The molecule has 0 bridgehead atoms. The molecule has 2 heterocycles. The Hall–Kier alpha value is -2.14. The molecule has 5 heteroatoms. The van der Waals surface area contributed by atoms with E-state index in [9.17, 15) is 0 Å². The summed E-state index contributed by atoms with van der Waals surface area (Å²) < 4.78 is 3.98. The minimum Gasteiger partial charge on any atom is -0.311 e. The molecule has 0 aliphatic carbocycles. The monoisotopic (exact) mass is 283 g/mol. The van der Waals surface area contributed by atoms with E-state index in [1.54, 1.807) is 0 Å². The summed E-state index contributed by atoms with van der Waals surface area (Å²) in [6, 6.07) is 10.5. The van der Waals surface area contributed by atoms with Gasteiger partial charge in [-0.25, -0.2) is 0 Å². The van der Waals surface area contributed by atoms with Crippen molar-refractivity contribution in [2.45, 2.75) is 26.4 Å². The molecule has 5 nitrogen and oxygen atoms in total. The maximum Gasteiger partial charge on any atom is 0.0841 e. The minimum atomic E-state index is 0.797. The molecular formula is C16H21N5. The molecule has 0 aliphatic rings. The highest BCUT2D eigenvalue weighted by atomic mass is 15.3. The quantitative estimate of drug-likeness (QED) is 0.705. The SMILES string of the molecule is CCn1nc(CNCCc2ccnn2C)c2ccccc21. The lowest BCUT2D eigenvalue weighted by molar-refractivity contribution is 0.616. The topological polar surface area (TPSA) is 47.7 Å². The fraction of sp³-hybridized carbons (Fsp3) is 0.375. The summed E-state index contributed by atoms with van der Waals surface area (Å²) >= 11 is 0. The predicted molar refractivity (Wildman–Crippen MR) is 84.0 cm³/mol. The fourth-order valence-electron chi connectivity index (χ4n) is 2.64. The molecule has 0 radical (unpaired) electrons. The van der Waals surface area contributed by atoms with Gasteiger partial charge in [0.05, 0.1) is 11.2 Å². The van der Waals surface area contributed by atoms with Crippen LogP contribution >= 0.6 is 0 Å². The van der Waals surface area contributed by atoms with E-state index >= 15 is 0 Å². The van der Waals surface area contributed by atoms with Crippen molar-refractivity contribution in [1.82, 2.24) is 24.9 Å². The van der Waals surface area contributed by atoms with E-state index in [2.05, 4.69) is 52.4 Å². The molecule has 2 aromatic heterocycles. The smallest absolute Gasteiger partial charge is 0.0841 e. The Kier molecular flexibility index (Phi) is 4.01. The Morgan fingerprint density at radius 3 is 2.81 bits per heavy atom. The summed E-state index contributed by atoms with van der Waals surface area (Å²) in [4.78, 5) is 0. The van der Waals surface area contributed by atoms with Crippen molar-refractivity contribution in [3.8, 4) is 0 Å². The summed E-state index contributed by atoms with van der Waals surface area (Å²) in [6.07, 6.45) is 2.81. The van der Waals surface area contributed by atoms with Gasteiger partial charge in [-0.15, -0.1) is 0 Å². The summed E-state index contributed by atoms with van der Waals surface area (Å²) in [6.45, 7) is 4.74. The number of fused-ring (bicyclic) bond motifs is 1. The number of benzene rings is 1. The Morgan fingerprint density at radius 2 is 2.05 bits per heavy atom. The third-order valence-corrected chi connectivity index (χ3v) is 3.81. The zero-order valence-corrected chi connectivity index (χ0v) is 12.6. The van der Waals surface area contributed by atoms with Gasteiger partial charge in [-0.3, -0.25) is 9.36 Å². The van der Waals surface area contributed by atoms with Crippen LogP contribution in [0.5, 0.6) is 0 Å². The number of para-hydroxylation sites is 1. The summed E-state index contributed by atoms with van der Waals surface area (Å²) in [5, 5.41) is 13.6. The highest BCUT2D eigenvalue weighted by Crippen LogP contribution is 2.18. The van der Waals surface area contributed by atoms with Gasteiger partial charge in [0.2, 0.25) is 0 Å². The fourth-order valence-corrected chi connectivity index (χ4v) is 2.64. The first-order chi connectivity index (χ1) is 10.3. The second-order valence-corrected chi connectivity index (χ2v) is 5.15. The van der Waals surface area contributed by atoms with Gasteiger partial charge in [-0.2, -0.15) is 10.2 Å². The number of nitrogens with one attached hydrogen (secondary N) is 1. The zero-order chi connectivity index (χ0) is 14.7. The highest BCUT2D eigenvalue weighted by molar-refractivity contribution is 5.81. The van der Waals surface area contributed by atoms with Crippen LogP contribution in [0.25, 0.3) is 10.9 Å². The second kappa shape index (κ2) is 6.10. The normalized spacial score (nSPS) is 11.3. The third-order valence-electron chi connectivity index (χ3n) is 3.81. The van der Waals surface area contributed by atoms with Gasteiger partial charge in [0.15, 0.2) is 0 Å². The summed E-state index contributed by atoms with van der Waals surface area (Å²) in [7, 11) is 1.98. The maximum atomic E-state index is 4.70. The Bertz CT molecular complexity index is 725. The van der Waals surface area contributed by atoms with E-state index in [-0.39, 0.29) is 0 Å². The average Bonchev–Trinajstić information content (AvgIpc) is 3.08. The van der Waals surface area contributed by atoms with Crippen LogP contribution in [0.1, 0.15) is 18.3 Å². The van der Waals surface area contributed by atoms with E-state index in [0.29, 0.717) is 0 Å². The number of hydrogen-bond acceptors (Lipinski definition) is 3. The van der Waals surface area contributed by atoms with Crippen LogP contribution in [0.3, 0.4) is 0 Å². The lowest BCUT2D eigenvalue weighted by atomic mass is 10.2. The predicted octanol–water partition coefficient (Wildman–Crippen LogP) is 2.12. The van der Waals surface area contributed by atoms with Crippen molar-refractivity contribution >= 4 is 10.9 Å². The van der Waals surface area contributed by atoms with Crippen LogP contribution in [0.2, 0.25) is 0 Å². The van der Waals surface area contributed by atoms with Gasteiger partial charge in [0.25, 0.3) is 0 Å². The lowest BCUT2D eigenvalue weighted by Gasteiger charge is -2.04. The molecular weight excluding hydrogens is 262 g/mol. The molecule has 0 atom stereocenters. The van der Waals surface area contributed by atoms with E-state index in [0.717, 1.165) is 31.7 Å². The minimum absolute atomic E-state index is 0.797. The van der Waals surface area contributed by atoms with Crippen molar-refractivity contribution < 1.29 is 0 Å². The Balaban J connectivity index is 1.64. The lowest BCUT2D eigenvalue weighted by Crippen LogP contribution is -2.18. The summed E-state index contributed by atoms with van der Waals surface area (Å²) in [5.74, 6) is 0. The van der Waals surface area contributed by atoms with Crippen molar-refractivity contribution in [2.24, 2.45) is 7.05 Å². The van der Waals surface area contributed by atoms with Gasteiger partial charge < -0.3 is 5.32 Å². The van der Waals surface area contributed by atoms with Crippen LogP contribution in [0, 0.1) is 0 Å². The molecule has 0 amide bonds. The third kappa shape index (κ3) is 2.83. The molecule has 0 saturated heterocycles. The first kappa shape index (κ1) is 13.8. The van der Waals surface area contributed by atoms with E-state index in [4.69, 9.17) is 5.10 Å². The number of aromatic nitrogens is 4. The maximum absolute atomic E-state index is 4.70. The van der Waals surface area contributed by atoms with Crippen LogP contribution < -0.4 is 5.32 Å². The number of nitrogens with zero attached hydrogens (tertiary/aromatic N) is 4. The zero-order valence-electron chi connectivity index (χ0n) is 12.6. The summed E-state index contributed by atoms with van der Waals surface area (Å²) in [5.41, 5.74) is 3.58. The Labute approximate surface area is 124 Å². The van der Waals surface area contributed by atoms with Gasteiger partial charge in [-0.05, 0) is 19.1 Å². The number of aryl methyl sites for hydroxylation is 2. The van der Waals surface area contributed by atoms with Gasteiger partial charge in [0, 0.05) is 50.4 Å². The first-order valence-corrected chi connectivity index (χ1v) is 7.41. The van der Waals surface area contributed by atoms with Crippen LogP contribution in [-0.4, -0.2) is 26.1 Å². The van der Waals surface area contributed by atoms with E-state index in [1.807, 2.05) is 17.9 Å². The van der Waals surface area contributed by atoms with E-state index < -0.39 is 0 Å². The van der Waals surface area contributed by atoms with Crippen LogP contribution in [0.4, 0.5) is 0 Å². The van der Waals surface area contributed by atoms with Crippen molar-refractivity contribution in [2.75, 3.05) is 6.54 Å². The van der Waals surface area contributed by atoms with Crippen molar-refractivity contribution in [3.05, 3.63) is 47.9 Å². The van der Waals surface area contributed by atoms with Gasteiger partial charge in [-0.1, -0.05) is 18.2 Å². The van der Waals surface area contributed by atoms with Crippen molar-refractivity contribution in [3.63, 3.8) is 0 Å². The molecule has 3 aromatic rings.